The topological polar surface area (TPSA) is 43.4 Å². The Balaban J connectivity index is 2.06. The fourth-order valence-corrected chi connectivity index (χ4v) is 2.33. The summed E-state index contributed by atoms with van der Waals surface area (Å²) in [5.74, 6) is 0.350. The first-order valence-electron chi connectivity index (χ1n) is 6.70. The molecule has 0 amide bonds. The average Bonchev–Trinajstić information content (AvgIpc) is 2.74. The highest BCUT2D eigenvalue weighted by atomic mass is 16.6. The van der Waals surface area contributed by atoms with E-state index >= 15 is 0 Å². The zero-order chi connectivity index (χ0) is 14.0. The third-order valence-corrected chi connectivity index (χ3v) is 3.26. The lowest BCUT2D eigenvalue weighted by Gasteiger charge is -2.19. The number of hydrogen-bond donors (Lipinski definition) is 0. The molecule has 0 spiro atoms. The van der Waals surface area contributed by atoms with Crippen LogP contribution in [0.1, 0.15) is 61.9 Å². The molecule has 0 aliphatic heterocycles. The van der Waals surface area contributed by atoms with Crippen LogP contribution >= 0.6 is 0 Å². The monoisotopic (exact) mass is 260 g/mol. The van der Waals surface area contributed by atoms with Gasteiger partial charge in [0.2, 0.25) is 0 Å². The Hall–Kier alpha value is -1.64. The van der Waals surface area contributed by atoms with Crippen LogP contribution in [0.25, 0.3) is 0 Å². The Bertz CT molecular complexity index is 480. The molecule has 1 aliphatic rings. The van der Waals surface area contributed by atoms with E-state index in [1.54, 1.807) is 12.1 Å². The minimum atomic E-state index is -0.479. The van der Waals surface area contributed by atoms with Gasteiger partial charge in [-0.2, -0.15) is 0 Å². The summed E-state index contributed by atoms with van der Waals surface area (Å²) >= 11 is 0. The van der Waals surface area contributed by atoms with Crippen LogP contribution in [0.5, 0.6) is 0 Å². The van der Waals surface area contributed by atoms with E-state index in [4.69, 9.17) is 4.74 Å². The summed E-state index contributed by atoms with van der Waals surface area (Å²) in [4.78, 5) is 23.2. The molecular weight excluding hydrogens is 240 g/mol. The highest BCUT2D eigenvalue weighted by Gasteiger charge is 2.24. The molecule has 0 aromatic heterocycles. The number of rotatable bonds is 2. The summed E-state index contributed by atoms with van der Waals surface area (Å²) in [6, 6.07) is 7.43. The van der Waals surface area contributed by atoms with Crippen molar-refractivity contribution < 1.29 is 14.3 Å². The largest absolute Gasteiger partial charge is 0.456 e. The van der Waals surface area contributed by atoms with Crippen molar-refractivity contribution in [1.29, 1.82) is 0 Å². The predicted octanol–water partition coefficient (Wildman–Crippen LogP) is 3.48. The van der Waals surface area contributed by atoms with Crippen LogP contribution in [0.3, 0.4) is 0 Å². The van der Waals surface area contributed by atoms with Gasteiger partial charge in [0.15, 0.2) is 0 Å². The third-order valence-electron chi connectivity index (χ3n) is 3.26. The van der Waals surface area contributed by atoms with E-state index in [0.29, 0.717) is 30.1 Å². The second kappa shape index (κ2) is 5.16. The fourth-order valence-electron chi connectivity index (χ4n) is 2.33. The smallest absolute Gasteiger partial charge is 0.338 e. The van der Waals surface area contributed by atoms with Crippen LogP contribution in [0.4, 0.5) is 0 Å². The van der Waals surface area contributed by atoms with Gasteiger partial charge >= 0.3 is 5.97 Å². The molecule has 1 aromatic carbocycles. The van der Waals surface area contributed by atoms with Crippen LogP contribution < -0.4 is 0 Å². The third kappa shape index (κ3) is 3.66. The molecule has 3 heteroatoms. The number of carbonyl (C=O) groups is 2. The first-order chi connectivity index (χ1) is 8.85. The van der Waals surface area contributed by atoms with E-state index in [1.807, 2.05) is 32.9 Å². The number of ether oxygens (including phenoxy) is 1. The summed E-state index contributed by atoms with van der Waals surface area (Å²) < 4.78 is 5.31. The Labute approximate surface area is 114 Å². The molecule has 0 bridgehead atoms. The number of ketones is 1. The number of hydrogen-bond acceptors (Lipinski definition) is 3. The molecule has 1 saturated carbocycles. The maximum Gasteiger partial charge on any atom is 0.338 e. The zero-order valence-corrected chi connectivity index (χ0v) is 11.7. The van der Waals surface area contributed by atoms with E-state index < -0.39 is 5.60 Å². The molecule has 0 unspecified atom stereocenters. The summed E-state index contributed by atoms with van der Waals surface area (Å²) in [6.45, 7) is 5.55. The lowest BCUT2D eigenvalue weighted by atomic mass is 9.96. The van der Waals surface area contributed by atoms with Crippen molar-refractivity contribution in [1.82, 2.24) is 0 Å². The first-order valence-corrected chi connectivity index (χ1v) is 6.70. The van der Waals surface area contributed by atoms with Gasteiger partial charge in [-0.05, 0) is 50.8 Å². The number of esters is 1. The van der Waals surface area contributed by atoms with E-state index in [-0.39, 0.29) is 5.97 Å². The minimum Gasteiger partial charge on any atom is -0.456 e. The van der Waals surface area contributed by atoms with Gasteiger partial charge in [-0.25, -0.2) is 4.79 Å². The summed E-state index contributed by atoms with van der Waals surface area (Å²) in [7, 11) is 0. The molecular formula is C16H20O3. The van der Waals surface area contributed by atoms with Gasteiger partial charge in [0, 0.05) is 12.8 Å². The Morgan fingerprint density at radius 2 is 1.84 bits per heavy atom. The highest BCUT2D eigenvalue weighted by molar-refractivity contribution is 5.89. The Morgan fingerprint density at radius 3 is 2.32 bits per heavy atom. The summed E-state index contributed by atoms with van der Waals surface area (Å²) in [6.07, 6.45) is 2.23. The number of benzene rings is 1. The number of carbonyl (C=O) groups excluding carboxylic acids is 2. The van der Waals surface area contributed by atoms with Gasteiger partial charge < -0.3 is 4.74 Å². The van der Waals surface area contributed by atoms with E-state index in [0.717, 1.165) is 12.0 Å². The van der Waals surface area contributed by atoms with Gasteiger partial charge in [-0.1, -0.05) is 12.1 Å². The van der Waals surface area contributed by atoms with Crippen LogP contribution in [0, 0.1) is 0 Å². The van der Waals surface area contributed by atoms with Gasteiger partial charge in [0.1, 0.15) is 11.4 Å². The molecule has 0 N–H and O–H groups in total. The van der Waals surface area contributed by atoms with Crippen molar-refractivity contribution >= 4 is 11.8 Å². The van der Waals surface area contributed by atoms with Crippen molar-refractivity contribution in [2.75, 3.05) is 0 Å². The highest BCUT2D eigenvalue weighted by Crippen LogP contribution is 2.32. The van der Waals surface area contributed by atoms with Gasteiger partial charge in [-0.15, -0.1) is 0 Å². The normalized spacial score (nSPS) is 19.5. The van der Waals surface area contributed by atoms with Crippen molar-refractivity contribution in [2.24, 2.45) is 0 Å². The standard InChI is InChI=1S/C16H20O3/c1-16(2,3)19-15(18)12-6-4-11(5-7-12)13-8-9-14(17)10-13/h4-7,13H,8-10H2,1-3H3/t13-/m1/s1. The lowest BCUT2D eigenvalue weighted by Crippen LogP contribution is -2.23. The lowest BCUT2D eigenvalue weighted by molar-refractivity contribution is -0.117. The molecule has 2 rings (SSSR count). The van der Waals surface area contributed by atoms with E-state index in [1.165, 1.54) is 0 Å². The Morgan fingerprint density at radius 1 is 1.21 bits per heavy atom. The molecule has 19 heavy (non-hydrogen) atoms. The van der Waals surface area contributed by atoms with Crippen molar-refractivity contribution in [3.8, 4) is 0 Å². The van der Waals surface area contributed by atoms with Crippen LogP contribution in [-0.2, 0) is 9.53 Å². The fraction of sp³-hybridized carbons (Fsp3) is 0.500. The van der Waals surface area contributed by atoms with Crippen molar-refractivity contribution in [3.63, 3.8) is 0 Å². The maximum atomic E-state index is 11.9. The van der Waals surface area contributed by atoms with Crippen molar-refractivity contribution in [3.05, 3.63) is 35.4 Å². The van der Waals surface area contributed by atoms with Gasteiger partial charge in [0.05, 0.1) is 5.56 Å². The second-order valence-electron chi connectivity index (χ2n) is 6.10. The molecule has 1 fully saturated rings. The Kier molecular flexibility index (Phi) is 3.74. The van der Waals surface area contributed by atoms with Crippen molar-refractivity contribution in [2.45, 2.75) is 51.6 Å². The van der Waals surface area contributed by atoms with E-state index in [2.05, 4.69) is 0 Å². The predicted molar refractivity (Wildman–Crippen MR) is 73.2 cm³/mol. The van der Waals surface area contributed by atoms with Crippen LogP contribution in [0.2, 0.25) is 0 Å². The SMILES string of the molecule is CC(C)(C)OC(=O)c1ccc([C@@H]2CCC(=O)C2)cc1. The quantitative estimate of drug-likeness (QED) is 0.765. The maximum absolute atomic E-state index is 11.9. The summed E-state index contributed by atoms with van der Waals surface area (Å²) in [5, 5.41) is 0. The van der Waals surface area contributed by atoms with E-state index in [9.17, 15) is 9.59 Å². The number of Topliss-reactive ketones (excluding diaryl/α,β-unsaturated/α-hetero) is 1. The first kappa shape index (κ1) is 13.8. The van der Waals surface area contributed by atoms with Crippen LogP contribution in [-0.4, -0.2) is 17.4 Å². The second-order valence-corrected chi connectivity index (χ2v) is 6.10. The average molecular weight is 260 g/mol. The zero-order valence-electron chi connectivity index (χ0n) is 11.7. The molecule has 1 atom stereocenters. The molecule has 0 radical (unpaired) electrons. The molecule has 0 heterocycles. The molecule has 0 saturated heterocycles. The molecule has 3 nitrogen and oxygen atoms in total. The molecule has 1 aliphatic carbocycles. The van der Waals surface area contributed by atoms with Gasteiger partial charge in [0.25, 0.3) is 0 Å². The minimum absolute atomic E-state index is 0.304. The van der Waals surface area contributed by atoms with Gasteiger partial charge in [-0.3, -0.25) is 4.79 Å². The van der Waals surface area contributed by atoms with Crippen LogP contribution in [0.15, 0.2) is 24.3 Å². The summed E-state index contributed by atoms with van der Waals surface area (Å²) in [5.41, 5.74) is 1.22. The molecule has 1 aromatic rings. The molecule has 102 valence electrons.